The van der Waals surface area contributed by atoms with Crippen LogP contribution in [0.2, 0.25) is 0 Å². The predicted octanol–water partition coefficient (Wildman–Crippen LogP) is 5.06. The molecule has 1 unspecified atom stereocenters. The molecule has 24 heavy (non-hydrogen) atoms. The summed E-state index contributed by atoms with van der Waals surface area (Å²) >= 11 is 0. The Hall–Kier alpha value is -1.55. The predicted molar refractivity (Wildman–Crippen MR) is 96.2 cm³/mol. The molecule has 0 aliphatic heterocycles. The average Bonchev–Trinajstić information content (AvgIpc) is 2.43. The van der Waals surface area contributed by atoms with E-state index in [-0.39, 0.29) is 23.6 Å². The van der Waals surface area contributed by atoms with Crippen LogP contribution in [0.3, 0.4) is 0 Å². The largest absolute Gasteiger partial charge is 0.468 e. The lowest BCUT2D eigenvalue weighted by molar-refractivity contribution is -0.154. The van der Waals surface area contributed by atoms with Crippen LogP contribution in [-0.2, 0) is 9.53 Å². The molecular weight excluding hydrogens is 304 g/mol. The maximum absolute atomic E-state index is 12.9. The lowest BCUT2D eigenvalue weighted by Gasteiger charge is -2.43. The number of rotatable bonds is 6. The van der Waals surface area contributed by atoms with Gasteiger partial charge in [0.2, 0.25) is 0 Å². The van der Waals surface area contributed by atoms with E-state index >= 15 is 0 Å². The molecule has 4 nitrogen and oxygen atoms in total. The van der Waals surface area contributed by atoms with Crippen LogP contribution in [0.25, 0.3) is 0 Å². The Labute approximate surface area is 146 Å². The van der Waals surface area contributed by atoms with Crippen molar-refractivity contribution >= 4 is 5.97 Å². The summed E-state index contributed by atoms with van der Waals surface area (Å²) in [7, 11) is 1.57. The van der Waals surface area contributed by atoms with Gasteiger partial charge < -0.3 is 14.2 Å². The van der Waals surface area contributed by atoms with E-state index in [1.807, 2.05) is 6.92 Å². The van der Waals surface area contributed by atoms with Crippen molar-refractivity contribution < 1.29 is 19.0 Å². The Kier molecular flexibility index (Phi) is 6.45. The van der Waals surface area contributed by atoms with Gasteiger partial charge in [-0.05, 0) is 48.4 Å². The Balaban J connectivity index is 2.92. The van der Waals surface area contributed by atoms with Gasteiger partial charge in [0.25, 0.3) is 0 Å². The van der Waals surface area contributed by atoms with Crippen molar-refractivity contribution in [1.82, 2.24) is 0 Å². The number of carbonyl (C=O) groups excluding carboxylic acids is 1. The molecule has 0 fully saturated rings. The smallest absolute Gasteiger partial charge is 0.317 e. The van der Waals surface area contributed by atoms with Gasteiger partial charge >= 0.3 is 5.97 Å². The molecule has 0 bridgehead atoms. The highest BCUT2D eigenvalue weighted by Crippen LogP contribution is 2.47. The van der Waals surface area contributed by atoms with Gasteiger partial charge in [0.1, 0.15) is 11.5 Å². The van der Waals surface area contributed by atoms with Crippen molar-refractivity contribution in [3.05, 3.63) is 24.3 Å². The molecule has 1 atom stereocenters. The van der Waals surface area contributed by atoms with Gasteiger partial charge in [0.05, 0.1) is 5.41 Å². The molecule has 0 amide bonds. The molecule has 0 aliphatic rings. The number of hydrogen-bond acceptors (Lipinski definition) is 4. The number of carbonyl (C=O) groups is 1. The third kappa shape index (κ3) is 5.52. The van der Waals surface area contributed by atoms with Crippen molar-refractivity contribution in [3.63, 3.8) is 0 Å². The third-order valence-electron chi connectivity index (χ3n) is 4.37. The first-order valence-corrected chi connectivity index (χ1v) is 8.33. The van der Waals surface area contributed by atoms with Gasteiger partial charge in [0, 0.05) is 7.11 Å². The minimum atomic E-state index is -0.587. The van der Waals surface area contributed by atoms with E-state index in [9.17, 15) is 4.79 Å². The summed E-state index contributed by atoms with van der Waals surface area (Å²) in [6.07, 6.45) is 0.747. The standard InChI is InChI=1S/C20H32O4/c1-18(2,3)13-20(7,19(4,5)6)17(21)24-16-11-9-15(10-12-16)23-14-22-8/h9-12H,13-14H2,1-8H3. The van der Waals surface area contributed by atoms with E-state index < -0.39 is 5.41 Å². The maximum atomic E-state index is 12.9. The molecule has 0 radical (unpaired) electrons. The highest BCUT2D eigenvalue weighted by atomic mass is 16.7. The topological polar surface area (TPSA) is 44.8 Å². The minimum absolute atomic E-state index is 0.0267. The fraction of sp³-hybridized carbons (Fsp3) is 0.650. The van der Waals surface area contributed by atoms with Crippen molar-refractivity contribution in [3.8, 4) is 11.5 Å². The van der Waals surface area contributed by atoms with E-state index in [1.165, 1.54) is 0 Å². The molecule has 0 aromatic heterocycles. The maximum Gasteiger partial charge on any atom is 0.317 e. The molecule has 1 rings (SSSR count). The third-order valence-corrected chi connectivity index (χ3v) is 4.37. The number of ether oxygens (including phenoxy) is 3. The van der Waals surface area contributed by atoms with Gasteiger partial charge in [-0.15, -0.1) is 0 Å². The normalized spacial score (nSPS) is 14.8. The quantitative estimate of drug-likeness (QED) is 0.413. The second-order valence-electron chi connectivity index (χ2n) is 8.73. The first-order valence-electron chi connectivity index (χ1n) is 8.33. The number of benzene rings is 1. The summed E-state index contributed by atoms with van der Waals surface area (Å²) in [6, 6.07) is 7.01. The summed E-state index contributed by atoms with van der Waals surface area (Å²) < 4.78 is 15.9. The van der Waals surface area contributed by atoms with Crippen LogP contribution in [0.1, 0.15) is 54.9 Å². The highest BCUT2D eigenvalue weighted by Gasteiger charge is 2.47. The SMILES string of the molecule is COCOc1ccc(OC(=O)C(C)(CC(C)(C)C)C(C)(C)C)cc1. The highest BCUT2D eigenvalue weighted by molar-refractivity contribution is 5.79. The van der Waals surface area contributed by atoms with E-state index in [4.69, 9.17) is 14.2 Å². The van der Waals surface area contributed by atoms with E-state index in [1.54, 1.807) is 31.4 Å². The average molecular weight is 336 g/mol. The van der Waals surface area contributed by atoms with Crippen LogP contribution in [0.5, 0.6) is 11.5 Å². The second kappa shape index (κ2) is 7.56. The molecule has 1 aromatic carbocycles. The first kappa shape index (κ1) is 20.5. The number of hydrogen-bond donors (Lipinski definition) is 0. The molecule has 0 saturated heterocycles. The molecule has 0 saturated carbocycles. The van der Waals surface area contributed by atoms with Crippen LogP contribution in [0.15, 0.2) is 24.3 Å². The summed E-state index contributed by atoms with van der Waals surface area (Å²) in [6.45, 7) is 14.9. The lowest BCUT2D eigenvalue weighted by atomic mass is 9.61. The molecule has 136 valence electrons. The van der Waals surface area contributed by atoms with Crippen LogP contribution in [0.4, 0.5) is 0 Å². The minimum Gasteiger partial charge on any atom is -0.468 e. The number of esters is 1. The van der Waals surface area contributed by atoms with E-state index in [2.05, 4.69) is 41.5 Å². The summed E-state index contributed by atoms with van der Waals surface area (Å²) in [4.78, 5) is 12.9. The lowest BCUT2D eigenvalue weighted by Crippen LogP contribution is -2.45. The Morgan fingerprint density at radius 1 is 0.917 bits per heavy atom. The molecule has 0 spiro atoms. The fourth-order valence-electron chi connectivity index (χ4n) is 2.65. The zero-order valence-electron chi connectivity index (χ0n) is 16.4. The Bertz CT molecular complexity index is 534. The van der Waals surface area contributed by atoms with E-state index in [0.29, 0.717) is 11.5 Å². The van der Waals surface area contributed by atoms with Crippen molar-refractivity contribution in [1.29, 1.82) is 0 Å². The molecule has 0 N–H and O–H groups in total. The summed E-state index contributed by atoms with van der Waals surface area (Å²) in [5.74, 6) is 0.995. The van der Waals surface area contributed by atoms with Gasteiger partial charge in [-0.2, -0.15) is 0 Å². The molecular formula is C20H32O4. The van der Waals surface area contributed by atoms with Crippen molar-refractivity contribution in [2.75, 3.05) is 13.9 Å². The van der Waals surface area contributed by atoms with E-state index in [0.717, 1.165) is 6.42 Å². The van der Waals surface area contributed by atoms with Gasteiger partial charge in [-0.1, -0.05) is 41.5 Å². The Morgan fingerprint density at radius 2 is 1.42 bits per heavy atom. The molecule has 0 aliphatic carbocycles. The van der Waals surface area contributed by atoms with Crippen molar-refractivity contribution in [2.45, 2.75) is 54.9 Å². The first-order chi connectivity index (χ1) is 10.9. The summed E-state index contributed by atoms with van der Waals surface area (Å²) in [5.41, 5.74) is -0.770. The van der Waals surface area contributed by atoms with Crippen LogP contribution in [-0.4, -0.2) is 19.9 Å². The second-order valence-corrected chi connectivity index (χ2v) is 8.73. The molecule has 0 heterocycles. The van der Waals surface area contributed by atoms with Gasteiger partial charge in [0.15, 0.2) is 6.79 Å². The van der Waals surface area contributed by atoms with Gasteiger partial charge in [-0.3, -0.25) is 4.79 Å². The zero-order chi connectivity index (χ0) is 18.6. The van der Waals surface area contributed by atoms with Crippen molar-refractivity contribution in [2.24, 2.45) is 16.2 Å². The van der Waals surface area contributed by atoms with Crippen LogP contribution >= 0.6 is 0 Å². The zero-order valence-corrected chi connectivity index (χ0v) is 16.4. The van der Waals surface area contributed by atoms with Crippen LogP contribution in [0, 0.1) is 16.2 Å². The molecule has 4 heteroatoms. The Morgan fingerprint density at radius 3 is 1.83 bits per heavy atom. The molecule has 1 aromatic rings. The van der Waals surface area contributed by atoms with Crippen LogP contribution < -0.4 is 9.47 Å². The monoisotopic (exact) mass is 336 g/mol. The van der Waals surface area contributed by atoms with Gasteiger partial charge in [-0.25, -0.2) is 0 Å². The summed E-state index contributed by atoms with van der Waals surface area (Å²) in [5, 5.41) is 0. The fourth-order valence-corrected chi connectivity index (χ4v) is 2.65. The number of methoxy groups -OCH3 is 1.